The van der Waals surface area contributed by atoms with E-state index in [1.807, 2.05) is 0 Å². The lowest BCUT2D eigenvalue weighted by molar-refractivity contribution is -0.134. The summed E-state index contributed by atoms with van der Waals surface area (Å²) in [5, 5.41) is 2.74. The number of rotatable bonds is 5. The van der Waals surface area contributed by atoms with Gasteiger partial charge in [-0.25, -0.2) is 8.42 Å². The summed E-state index contributed by atoms with van der Waals surface area (Å²) in [7, 11) is -1.77. The number of halogens is 4. The fourth-order valence-corrected chi connectivity index (χ4v) is 3.45. The summed E-state index contributed by atoms with van der Waals surface area (Å²) >= 11 is 2.89. The molecule has 1 heterocycles. The number of nitrogens with one attached hydrogen (secondary N) is 1. The van der Waals surface area contributed by atoms with Crippen molar-refractivity contribution in [2.75, 3.05) is 20.6 Å². The van der Waals surface area contributed by atoms with Crippen molar-refractivity contribution in [1.29, 1.82) is 0 Å². The van der Waals surface area contributed by atoms with E-state index in [4.69, 9.17) is 4.42 Å². The van der Waals surface area contributed by atoms with Crippen LogP contribution in [-0.4, -0.2) is 39.5 Å². The van der Waals surface area contributed by atoms with Crippen LogP contribution < -0.4 is 5.32 Å². The fourth-order valence-electron chi connectivity index (χ4n) is 1.34. The Morgan fingerprint density at radius 3 is 2.53 bits per heavy atom. The van der Waals surface area contributed by atoms with E-state index in [0.29, 0.717) is 5.76 Å². The minimum atomic E-state index is -4.61. The highest BCUT2D eigenvalue weighted by Crippen LogP contribution is 2.29. The molecule has 1 aromatic heterocycles. The maximum absolute atomic E-state index is 12.2. The molecule has 0 aliphatic carbocycles. The molecule has 0 spiro atoms. The Morgan fingerprint density at radius 1 is 1.47 bits per heavy atom. The van der Waals surface area contributed by atoms with Gasteiger partial charge < -0.3 is 9.73 Å². The van der Waals surface area contributed by atoms with E-state index < -0.39 is 22.7 Å². The zero-order chi connectivity index (χ0) is 14.8. The lowest BCUT2D eigenvalue weighted by Gasteiger charge is -2.17. The van der Waals surface area contributed by atoms with Gasteiger partial charge in [-0.15, -0.1) is 0 Å². The van der Waals surface area contributed by atoms with Crippen LogP contribution in [0.3, 0.4) is 0 Å². The van der Waals surface area contributed by atoms with Crippen LogP contribution in [0.2, 0.25) is 0 Å². The summed E-state index contributed by atoms with van der Waals surface area (Å²) in [5.41, 5.74) is 0. The van der Waals surface area contributed by atoms with Gasteiger partial charge in [-0.3, -0.25) is 0 Å². The zero-order valence-electron chi connectivity index (χ0n) is 10.1. The molecule has 0 saturated heterocycles. The molecular weight excluding hydrogens is 353 g/mol. The molecule has 0 bridgehead atoms. The Hall–Kier alpha value is -0.580. The van der Waals surface area contributed by atoms with Crippen LogP contribution in [0.5, 0.6) is 0 Å². The van der Waals surface area contributed by atoms with Crippen LogP contribution in [0.25, 0.3) is 0 Å². The predicted octanol–water partition coefficient (Wildman–Crippen LogP) is 1.94. The molecule has 0 fully saturated rings. The second kappa shape index (κ2) is 5.81. The molecule has 0 atom stereocenters. The Kier molecular flexibility index (Phi) is 5.04. The first-order valence-electron chi connectivity index (χ1n) is 5.04. The molecule has 1 rings (SSSR count). The number of hydrogen-bond donors (Lipinski definition) is 1. The van der Waals surface area contributed by atoms with Crippen LogP contribution in [0.4, 0.5) is 13.2 Å². The highest BCUT2D eigenvalue weighted by atomic mass is 79.9. The quantitative estimate of drug-likeness (QED) is 0.867. The topological polar surface area (TPSA) is 62.6 Å². The van der Waals surface area contributed by atoms with Gasteiger partial charge in [0, 0.05) is 13.1 Å². The lowest BCUT2D eigenvalue weighted by Crippen LogP contribution is -2.35. The third-order valence-corrected chi connectivity index (χ3v) is 4.81. The summed E-state index contributed by atoms with van der Waals surface area (Å²) in [6.07, 6.45) is -4.61. The van der Waals surface area contributed by atoms with Crippen molar-refractivity contribution < 1.29 is 26.0 Å². The molecular formula is C9H12BrF3N2O3S. The maximum atomic E-state index is 12.2. The standard InChI is InChI=1S/C9H12BrF3N2O3S/c1-14-4-6-3-7(8(10)18-6)19(16,17)15(2)5-9(11,12)13/h3,14H,4-5H2,1-2H3. The molecule has 1 N–H and O–H groups in total. The molecule has 0 aromatic carbocycles. The second-order valence-corrected chi connectivity index (χ2v) is 6.49. The molecule has 0 aliphatic rings. The van der Waals surface area contributed by atoms with Gasteiger partial charge in [-0.05, 0) is 23.0 Å². The van der Waals surface area contributed by atoms with E-state index in [9.17, 15) is 21.6 Å². The number of sulfonamides is 1. The summed E-state index contributed by atoms with van der Waals surface area (Å²) in [6, 6.07) is 1.18. The summed E-state index contributed by atoms with van der Waals surface area (Å²) in [4.78, 5) is -0.329. The average Bonchev–Trinajstić information content (AvgIpc) is 2.58. The molecule has 0 saturated carbocycles. The molecule has 110 valence electrons. The largest absolute Gasteiger partial charge is 0.452 e. The van der Waals surface area contributed by atoms with Gasteiger partial charge in [0.15, 0.2) is 4.67 Å². The zero-order valence-corrected chi connectivity index (χ0v) is 12.5. The fraction of sp³-hybridized carbons (Fsp3) is 0.556. The van der Waals surface area contributed by atoms with Gasteiger partial charge >= 0.3 is 6.18 Å². The molecule has 0 unspecified atom stereocenters. The van der Waals surface area contributed by atoms with Crippen LogP contribution in [0, 0.1) is 0 Å². The molecule has 0 radical (unpaired) electrons. The van der Waals surface area contributed by atoms with E-state index in [1.165, 1.54) is 6.07 Å². The Morgan fingerprint density at radius 2 is 2.05 bits per heavy atom. The van der Waals surface area contributed by atoms with Crippen LogP contribution >= 0.6 is 15.9 Å². The van der Waals surface area contributed by atoms with Gasteiger partial charge in [0.1, 0.15) is 17.2 Å². The lowest BCUT2D eigenvalue weighted by atomic mass is 10.4. The first-order chi connectivity index (χ1) is 8.58. The van der Waals surface area contributed by atoms with Crippen molar-refractivity contribution in [3.8, 4) is 0 Å². The smallest absolute Gasteiger partial charge is 0.402 e. The van der Waals surface area contributed by atoms with E-state index in [1.54, 1.807) is 7.05 Å². The predicted molar refractivity (Wildman–Crippen MR) is 65.0 cm³/mol. The Labute approximate surface area is 116 Å². The number of furan rings is 1. The highest BCUT2D eigenvalue weighted by Gasteiger charge is 2.36. The van der Waals surface area contributed by atoms with Crippen molar-refractivity contribution in [2.24, 2.45) is 0 Å². The van der Waals surface area contributed by atoms with Crippen molar-refractivity contribution in [3.05, 3.63) is 16.5 Å². The van der Waals surface area contributed by atoms with Gasteiger partial charge in [0.05, 0.1) is 6.54 Å². The molecule has 0 amide bonds. The monoisotopic (exact) mass is 364 g/mol. The SMILES string of the molecule is CNCc1cc(S(=O)(=O)N(C)CC(F)(F)F)c(Br)o1. The van der Waals surface area contributed by atoms with Gasteiger partial charge in [0.25, 0.3) is 0 Å². The Bertz CT molecular complexity index is 541. The maximum Gasteiger partial charge on any atom is 0.402 e. The number of hydrogen-bond acceptors (Lipinski definition) is 4. The summed E-state index contributed by atoms with van der Waals surface area (Å²) < 4.78 is 65.8. The normalized spacial score (nSPS) is 13.2. The Balaban J connectivity index is 3.06. The first kappa shape index (κ1) is 16.5. The second-order valence-electron chi connectivity index (χ2n) is 3.76. The molecule has 10 heteroatoms. The van der Waals surface area contributed by atoms with Crippen molar-refractivity contribution in [1.82, 2.24) is 9.62 Å². The molecule has 19 heavy (non-hydrogen) atoms. The van der Waals surface area contributed by atoms with Crippen LogP contribution in [-0.2, 0) is 16.6 Å². The third kappa shape index (κ3) is 4.20. The van der Waals surface area contributed by atoms with Gasteiger partial charge in [0.2, 0.25) is 10.0 Å². The van der Waals surface area contributed by atoms with Crippen molar-refractivity contribution in [3.63, 3.8) is 0 Å². The molecule has 5 nitrogen and oxygen atoms in total. The molecule has 1 aromatic rings. The van der Waals surface area contributed by atoms with Gasteiger partial charge in [-0.2, -0.15) is 17.5 Å². The third-order valence-electron chi connectivity index (χ3n) is 2.15. The van der Waals surface area contributed by atoms with Crippen LogP contribution in [0.15, 0.2) is 20.0 Å². The average molecular weight is 365 g/mol. The first-order valence-corrected chi connectivity index (χ1v) is 7.27. The van der Waals surface area contributed by atoms with Crippen molar-refractivity contribution in [2.45, 2.75) is 17.6 Å². The van der Waals surface area contributed by atoms with E-state index >= 15 is 0 Å². The minimum absolute atomic E-state index is 0.119. The molecule has 0 aliphatic heterocycles. The van der Waals surface area contributed by atoms with Gasteiger partial charge in [-0.1, -0.05) is 0 Å². The van der Waals surface area contributed by atoms with Crippen molar-refractivity contribution >= 4 is 26.0 Å². The van der Waals surface area contributed by atoms with E-state index in [0.717, 1.165) is 7.05 Å². The summed E-state index contributed by atoms with van der Waals surface area (Å²) in [5.74, 6) is 0.299. The van der Waals surface area contributed by atoms with E-state index in [-0.39, 0.29) is 20.4 Å². The minimum Gasteiger partial charge on any atom is -0.452 e. The summed E-state index contributed by atoms with van der Waals surface area (Å²) in [6.45, 7) is -1.30. The van der Waals surface area contributed by atoms with E-state index in [2.05, 4.69) is 21.2 Å². The number of alkyl halides is 3. The van der Waals surface area contributed by atoms with Crippen LogP contribution in [0.1, 0.15) is 5.76 Å². The number of nitrogens with zero attached hydrogens (tertiary/aromatic N) is 1. The highest BCUT2D eigenvalue weighted by molar-refractivity contribution is 9.10.